The Bertz CT molecular complexity index is 886. The third-order valence-corrected chi connectivity index (χ3v) is 4.78. The molecule has 2 aromatic carbocycles. The summed E-state index contributed by atoms with van der Waals surface area (Å²) in [6, 6.07) is 16.0. The van der Waals surface area contributed by atoms with Gasteiger partial charge < -0.3 is 25.2 Å². The van der Waals surface area contributed by atoms with Crippen LogP contribution >= 0.6 is 0 Å². The number of ether oxygens (including phenoxy) is 2. The number of nitrogens with one attached hydrogen (secondary N) is 2. The summed E-state index contributed by atoms with van der Waals surface area (Å²) >= 11 is 0. The molecule has 0 spiro atoms. The molecular formula is C25H32N2O6. The van der Waals surface area contributed by atoms with Crippen LogP contribution in [0.3, 0.4) is 0 Å². The number of carbonyl (C=O) groups is 3. The van der Waals surface area contributed by atoms with Crippen molar-refractivity contribution in [3.8, 4) is 0 Å². The van der Waals surface area contributed by atoms with Crippen LogP contribution in [0.1, 0.15) is 38.3 Å². The largest absolute Gasteiger partial charge is 0.459 e. The maximum Gasteiger partial charge on any atom is 0.408 e. The van der Waals surface area contributed by atoms with Gasteiger partial charge in [-0.1, -0.05) is 74.5 Å². The summed E-state index contributed by atoms with van der Waals surface area (Å²) in [5.74, 6) is -1.20. The van der Waals surface area contributed by atoms with Gasteiger partial charge in [-0.05, 0) is 30.4 Å². The molecule has 0 aliphatic heterocycles. The minimum atomic E-state index is -1.30. The zero-order valence-electron chi connectivity index (χ0n) is 19.2. The van der Waals surface area contributed by atoms with E-state index in [0.29, 0.717) is 6.42 Å². The van der Waals surface area contributed by atoms with Crippen LogP contribution < -0.4 is 10.6 Å². The van der Waals surface area contributed by atoms with Crippen LogP contribution in [0.15, 0.2) is 60.7 Å². The Morgan fingerprint density at radius 2 is 1.33 bits per heavy atom. The second-order valence-electron chi connectivity index (χ2n) is 8.21. The number of hydrogen-bond acceptors (Lipinski definition) is 6. The first-order valence-corrected chi connectivity index (χ1v) is 10.9. The van der Waals surface area contributed by atoms with E-state index in [0.717, 1.165) is 11.1 Å². The van der Waals surface area contributed by atoms with Crippen LogP contribution in [-0.2, 0) is 32.3 Å². The average Bonchev–Trinajstić information content (AvgIpc) is 2.80. The highest BCUT2D eigenvalue weighted by Gasteiger charge is 2.31. The second-order valence-corrected chi connectivity index (χ2v) is 8.21. The molecule has 0 heterocycles. The lowest BCUT2D eigenvalue weighted by Crippen LogP contribution is -2.56. The van der Waals surface area contributed by atoms with Crippen LogP contribution in [0.5, 0.6) is 0 Å². The van der Waals surface area contributed by atoms with Gasteiger partial charge in [0, 0.05) is 0 Å². The standard InChI is InChI=1S/C25H32N2O6/c1-17(2)14-21(24(30)32-15-19-10-6-4-7-11-19)26-23(29)22(18(3)28)27-25(31)33-16-20-12-8-5-9-13-20/h4-13,17-18,21-22,28H,14-16H2,1-3H3,(H,26,29)(H,27,31)/t18-,21-,22-/m0/s1. The van der Waals surface area contributed by atoms with Gasteiger partial charge in [0.15, 0.2) is 0 Å². The molecule has 0 aliphatic carbocycles. The van der Waals surface area contributed by atoms with Gasteiger partial charge in [0.25, 0.3) is 0 Å². The van der Waals surface area contributed by atoms with Gasteiger partial charge >= 0.3 is 12.1 Å². The van der Waals surface area contributed by atoms with Crippen molar-refractivity contribution in [3.05, 3.63) is 71.8 Å². The van der Waals surface area contributed by atoms with Gasteiger partial charge in [0.2, 0.25) is 5.91 Å². The molecular weight excluding hydrogens is 424 g/mol. The van der Waals surface area contributed by atoms with Crippen LogP contribution in [0, 0.1) is 5.92 Å². The third-order valence-electron chi connectivity index (χ3n) is 4.78. The minimum Gasteiger partial charge on any atom is -0.459 e. The Kier molecular flexibility index (Phi) is 10.4. The predicted molar refractivity (Wildman–Crippen MR) is 123 cm³/mol. The number of aliphatic hydroxyl groups is 1. The first-order chi connectivity index (χ1) is 15.8. The van der Waals surface area contributed by atoms with Crippen LogP contribution in [0.25, 0.3) is 0 Å². The van der Waals surface area contributed by atoms with Gasteiger partial charge in [0.05, 0.1) is 6.10 Å². The van der Waals surface area contributed by atoms with Gasteiger partial charge in [-0.15, -0.1) is 0 Å². The number of hydrogen-bond donors (Lipinski definition) is 3. The zero-order valence-corrected chi connectivity index (χ0v) is 19.2. The SMILES string of the molecule is CC(C)C[C@H](NC(=O)[C@@H](NC(=O)OCc1ccccc1)[C@H](C)O)C(=O)OCc1ccccc1. The highest BCUT2D eigenvalue weighted by atomic mass is 16.5. The van der Waals surface area contributed by atoms with Crippen molar-refractivity contribution in [3.63, 3.8) is 0 Å². The summed E-state index contributed by atoms with van der Waals surface area (Å²) in [4.78, 5) is 37.6. The lowest BCUT2D eigenvalue weighted by Gasteiger charge is -2.25. The van der Waals surface area contributed by atoms with Crippen molar-refractivity contribution in [2.75, 3.05) is 0 Å². The van der Waals surface area contributed by atoms with E-state index >= 15 is 0 Å². The van der Waals surface area contributed by atoms with Crippen LogP contribution in [0.2, 0.25) is 0 Å². The quantitative estimate of drug-likeness (QED) is 0.448. The smallest absolute Gasteiger partial charge is 0.408 e. The molecule has 33 heavy (non-hydrogen) atoms. The molecule has 3 atom stereocenters. The fraction of sp³-hybridized carbons (Fsp3) is 0.400. The Morgan fingerprint density at radius 1 is 0.818 bits per heavy atom. The maximum absolute atomic E-state index is 12.8. The van der Waals surface area contributed by atoms with Crippen molar-refractivity contribution < 1.29 is 29.0 Å². The van der Waals surface area contributed by atoms with E-state index in [9.17, 15) is 19.5 Å². The summed E-state index contributed by atoms with van der Waals surface area (Å²) in [5.41, 5.74) is 1.61. The number of aliphatic hydroxyl groups excluding tert-OH is 1. The first kappa shape index (κ1) is 25.9. The van der Waals surface area contributed by atoms with E-state index in [4.69, 9.17) is 9.47 Å². The molecule has 0 saturated heterocycles. The van der Waals surface area contributed by atoms with E-state index < -0.39 is 36.2 Å². The summed E-state index contributed by atoms with van der Waals surface area (Å²) in [6.07, 6.45) is -1.73. The zero-order chi connectivity index (χ0) is 24.2. The molecule has 8 heteroatoms. The van der Waals surface area contributed by atoms with Crippen molar-refractivity contribution in [2.45, 2.75) is 58.6 Å². The fourth-order valence-electron chi connectivity index (χ4n) is 3.07. The lowest BCUT2D eigenvalue weighted by atomic mass is 10.0. The van der Waals surface area contributed by atoms with Crippen molar-refractivity contribution in [1.29, 1.82) is 0 Å². The van der Waals surface area contributed by atoms with Crippen LogP contribution in [-0.4, -0.2) is 41.3 Å². The molecule has 2 amide bonds. The molecule has 0 unspecified atom stereocenters. The average molecular weight is 457 g/mol. The summed E-state index contributed by atoms with van der Waals surface area (Å²) in [6.45, 7) is 5.29. The number of benzene rings is 2. The van der Waals surface area contributed by atoms with Gasteiger partial charge in [-0.25, -0.2) is 9.59 Å². The van der Waals surface area contributed by atoms with Gasteiger partial charge in [-0.3, -0.25) is 4.79 Å². The number of alkyl carbamates (subject to hydrolysis) is 1. The lowest BCUT2D eigenvalue weighted by molar-refractivity contribution is -0.150. The molecule has 8 nitrogen and oxygen atoms in total. The molecule has 0 saturated carbocycles. The molecule has 0 aromatic heterocycles. The van der Waals surface area contributed by atoms with Crippen molar-refractivity contribution in [2.24, 2.45) is 5.92 Å². The number of rotatable bonds is 11. The van der Waals surface area contributed by atoms with E-state index in [1.807, 2.05) is 62.4 Å². The Balaban J connectivity index is 1.96. The molecule has 0 radical (unpaired) electrons. The van der Waals surface area contributed by atoms with Crippen LogP contribution in [0.4, 0.5) is 4.79 Å². The van der Waals surface area contributed by atoms with E-state index in [2.05, 4.69) is 10.6 Å². The Hall–Kier alpha value is -3.39. The maximum atomic E-state index is 12.8. The van der Waals surface area contributed by atoms with E-state index in [-0.39, 0.29) is 19.1 Å². The normalized spacial score (nSPS) is 13.5. The molecule has 2 rings (SSSR count). The number of carbonyl (C=O) groups excluding carboxylic acids is 3. The topological polar surface area (TPSA) is 114 Å². The summed E-state index contributed by atoms with van der Waals surface area (Å²) in [5, 5.41) is 15.0. The van der Waals surface area contributed by atoms with Crippen molar-refractivity contribution in [1.82, 2.24) is 10.6 Å². The van der Waals surface area contributed by atoms with Gasteiger partial charge in [0.1, 0.15) is 25.3 Å². The minimum absolute atomic E-state index is 0.0165. The second kappa shape index (κ2) is 13.2. The summed E-state index contributed by atoms with van der Waals surface area (Å²) in [7, 11) is 0. The van der Waals surface area contributed by atoms with Crippen molar-refractivity contribution >= 4 is 18.0 Å². The van der Waals surface area contributed by atoms with E-state index in [1.165, 1.54) is 6.92 Å². The monoisotopic (exact) mass is 456 g/mol. The highest BCUT2D eigenvalue weighted by Crippen LogP contribution is 2.10. The fourth-order valence-corrected chi connectivity index (χ4v) is 3.07. The predicted octanol–water partition coefficient (Wildman–Crippen LogP) is 2.94. The summed E-state index contributed by atoms with van der Waals surface area (Å²) < 4.78 is 10.5. The molecule has 0 aliphatic rings. The molecule has 2 aromatic rings. The first-order valence-electron chi connectivity index (χ1n) is 10.9. The Morgan fingerprint density at radius 3 is 1.82 bits per heavy atom. The molecule has 0 fully saturated rings. The number of amides is 2. The molecule has 3 N–H and O–H groups in total. The molecule has 0 bridgehead atoms. The van der Waals surface area contributed by atoms with Gasteiger partial charge in [-0.2, -0.15) is 0 Å². The third kappa shape index (κ3) is 9.33. The highest BCUT2D eigenvalue weighted by molar-refractivity contribution is 5.90. The number of esters is 1. The van der Waals surface area contributed by atoms with E-state index in [1.54, 1.807) is 12.1 Å². The molecule has 178 valence electrons. The Labute approximate surface area is 194 Å².